The van der Waals surface area contributed by atoms with Crippen LogP contribution in [0, 0.1) is 11.8 Å². The normalized spacial score (nSPS) is 29.6. The molecule has 104 valence electrons. The first-order valence-corrected chi connectivity index (χ1v) is 8.10. The lowest BCUT2D eigenvalue weighted by Gasteiger charge is -2.29. The molecule has 2 saturated carbocycles. The minimum absolute atomic E-state index is 0.287. The van der Waals surface area contributed by atoms with Gasteiger partial charge in [-0.3, -0.25) is 14.4 Å². The highest BCUT2D eigenvalue weighted by Gasteiger charge is 2.50. The fraction of sp³-hybridized carbons (Fsp3) is 0.438. The zero-order valence-corrected chi connectivity index (χ0v) is 12.1. The third kappa shape index (κ3) is 2.12. The van der Waals surface area contributed by atoms with Crippen molar-refractivity contribution in [3.8, 4) is 0 Å². The minimum atomic E-state index is -0.765. The van der Waals surface area contributed by atoms with Gasteiger partial charge in [-0.05, 0) is 49.1 Å². The molecule has 4 heteroatoms. The maximum Gasteiger partial charge on any atom is 0.264 e. The molecule has 0 bridgehead atoms. The van der Waals surface area contributed by atoms with Crippen molar-refractivity contribution in [3.63, 3.8) is 0 Å². The Kier molecular flexibility index (Phi) is 3.50. The molecule has 0 amide bonds. The molecule has 3 unspecified atom stereocenters. The van der Waals surface area contributed by atoms with Crippen molar-refractivity contribution in [2.45, 2.75) is 30.1 Å². The molecule has 0 spiro atoms. The summed E-state index contributed by atoms with van der Waals surface area (Å²) in [7, 11) is 0. The van der Waals surface area contributed by atoms with Crippen LogP contribution in [0.1, 0.15) is 30.7 Å². The summed E-state index contributed by atoms with van der Waals surface area (Å²) < 4.78 is 0. The van der Waals surface area contributed by atoms with Gasteiger partial charge in [-0.25, -0.2) is 0 Å². The highest BCUT2D eigenvalue weighted by atomic mass is 32.2. The number of carbonyl (C=O) groups is 3. The molecule has 2 aliphatic rings. The van der Waals surface area contributed by atoms with Gasteiger partial charge in [0.05, 0.1) is 0 Å². The lowest BCUT2D eigenvalue weighted by Crippen LogP contribution is -2.26. The van der Waals surface area contributed by atoms with E-state index in [9.17, 15) is 14.4 Å². The van der Waals surface area contributed by atoms with Crippen molar-refractivity contribution in [1.29, 1.82) is 0 Å². The van der Waals surface area contributed by atoms with Crippen molar-refractivity contribution in [1.82, 2.24) is 0 Å². The van der Waals surface area contributed by atoms with Crippen LogP contribution in [-0.2, 0) is 14.4 Å². The van der Waals surface area contributed by atoms with Crippen LogP contribution in [0.4, 0.5) is 0 Å². The molecular weight excluding hydrogens is 272 g/mol. The van der Waals surface area contributed by atoms with Crippen LogP contribution in [-0.4, -0.2) is 23.6 Å². The minimum Gasteiger partial charge on any atom is -0.290 e. The van der Waals surface area contributed by atoms with Crippen molar-refractivity contribution in [2.24, 2.45) is 11.8 Å². The predicted octanol–water partition coefficient (Wildman–Crippen LogP) is 2.63. The Morgan fingerprint density at radius 1 is 0.950 bits per heavy atom. The molecule has 3 rings (SSSR count). The Balaban J connectivity index is 1.80. The molecule has 0 aliphatic heterocycles. The summed E-state index contributed by atoms with van der Waals surface area (Å²) in [4.78, 5) is 36.3. The van der Waals surface area contributed by atoms with Crippen LogP contribution in [0.25, 0.3) is 0 Å². The number of Topliss-reactive ketones (excluding diaryl/α,β-unsaturated/α-hetero) is 3. The van der Waals surface area contributed by atoms with Crippen molar-refractivity contribution >= 4 is 29.1 Å². The van der Waals surface area contributed by atoms with Crippen molar-refractivity contribution in [2.75, 3.05) is 6.26 Å². The maximum absolute atomic E-state index is 11.9. The second-order valence-corrected chi connectivity index (χ2v) is 6.43. The first-order valence-electron chi connectivity index (χ1n) is 6.88. The number of fused-ring (bicyclic) bond motifs is 1. The molecule has 3 atom stereocenters. The van der Waals surface area contributed by atoms with Gasteiger partial charge in [-0.2, -0.15) is 0 Å². The number of carbonyl (C=O) groups excluding carboxylic acids is 3. The van der Waals surface area contributed by atoms with Gasteiger partial charge in [0, 0.05) is 16.7 Å². The second-order valence-electron chi connectivity index (χ2n) is 5.55. The molecule has 2 fully saturated rings. The number of hydrogen-bond donors (Lipinski definition) is 0. The standard InChI is InChI=1S/C16H16O3S/c1-20-11-5-2-9(3-6-11)10-4-7-12-13(8-10)15(18)16(19)14(12)17/h2-3,5-6,10,12-13H,4,7-8H2,1H3. The van der Waals surface area contributed by atoms with E-state index >= 15 is 0 Å². The summed E-state index contributed by atoms with van der Waals surface area (Å²) in [6.07, 6.45) is 4.22. The molecule has 20 heavy (non-hydrogen) atoms. The smallest absolute Gasteiger partial charge is 0.264 e. The Labute approximate surface area is 122 Å². The fourth-order valence-corrected chi connectivity index (χ4v) is 3.82. The zero-order chi connectivity index (χ0) is 14.3. The highest BCUT2D eigenvalue weighted by molar-refractivity contribution is 7.98. The summed E-state index contributed by atoms with van der Waals surface area (Å²) in [6, 6.07) is 8.36. The third-order valence-corrected chi connectivity index (χ3v) is 5.30. The molecule has 0 aromatic heterocycles. The van der Waals surface area contributed by atoms with Gasteiger partial charge in [0.2, 0.25) is 11.6 Å². The van der Waals surface area contributed by atoms with Crippen LogP contribution in [0.2, 0.25) is 0 Å². The van der Waals surface area contributed by atoms with Crippen molar-refractivity contribution < 1.29 is 14.4 Å². The summed E-state index contributed by atoms with van der Waals surface area (Å²) in [5.74, 6) is -2.08. The Hall–Kier alpha value is -1.42. The summed E-state index contributed by atoms with van der Waals surface area (Å²) in [5.41, 5.74) is 1.21. The highest BCUT2D eigenvalue weighted by Crippen LogP contribution is 2.43. The van der Waals surface area contributed by atoms with Gasteiger partial charge in [0.1, 0.15) is 0 Å². The Morgan fingerprint density at radius 2 is 1.60 bits per heavy atom. The monoisotopic (exact) mass is 288 g/mol. The second kappa shape index (κ2) is 5.17. The van der Waals surface area contributed by atoms with Crippen LogP contribution >= 0.6 is 11.8 Å². The molecule has 0 heterocycles. The van der Waals surface area contributed by atoms with Crippen LogP contribution < -0.4 is 0 Å². The van der Waals surface area contributed by atoms with E-state index in [0.717, 1.165) is 6.42 Å². The van der Waals surface area contributed by atoms with E-state index in [4.69, 9.17) is 0 Å². The van der Waals surface area contributed by atoms with E-state index in [-0.39, 0.29) is 17.8 Å². The van der Waals surface area contributed by atoms with E-state index < -0.39 is 17.3 Å². The molecule has 0 saturated heterocycles. The lowest BCUT2D eigenvalue weighted by atomic mass is 9.73. The molecule has 1 aromatic rings. The molecule has 1 aromatic carbocycles. The average molecular weight is 288 g/mol. The summed E-state index contributed by atoms with van der Waals surface area (Å²) >= 11 is 1.70. The van der Waals surface area contributed by atoms with Crippen molar-refractivity contribution in [3.05, 3.63) is 29.8 Å². The Morgan fingerprint density at radius 3 is 2.25 bits per heavy atom. The molecular formula is C16H16O3S. The van der Waals surface area contributed by atoms with Gasteiger partial charge in [-0.1, -0.05) is 12.1 Å². The topological polar surface area (TPSA) is 51.2 Å². The fourth-order valence-electron chi connectivity index (χ4n) is 3.41. The SMILES string of the molecule is CSc1ccc(C2CCC3C(=O)C(=O)C(=O)C3C2)cc1. The van der Waals surface area contributed by atoms with E-state index in [1.165, 1.54) is 10.5 Å². The van der Waals surface area contributed by atoms with E-state index in [1.54, 1.807) is 11.8 Å². The van der Waals surface area contributed by atoms with Crippen LogP contribution in [0.3, 0.4) is 0 Å². The Bertz CT molecular complexity index is 576. The summed E-state index contributed by atoms with van der Waals surface area (Å²) in [5, 5.41) is 0. The predicted molar refractivity (Wildman–Crippen MR) is 76.8 cm³/mol. The summed E-state index contributed by atoms with van der Waals surface area (Å²) in [6.45, 7) is 0. The first-order chi connectivity index (χ1) is 9.61. The molecule has 0 N–H and O–H groups in total. The number of rotatable bonds is 2. The number of benzene rings is 1. The van der Waals surface area contributed by atoms with E-state index in [0.29, 0.717) is 12.8 Å². The molecule has 3 nitrogen and oxygen atoms in total. The maximum atomic E-state index is 11.9. The number of ketones is 3. The quantitative estimate of drug-likeness (QED) is 0.620. The number of thioether (sulfide) groups is 1. The molecule has 0 radical (unpaired) electrons. The van der Waals surface area contributed by atoms with E-state index in [2.05, 4.69) is 24.3 Å². The largest absolute Gasteiger partial charge is 0.290 e. The van der Waals surface area contributed by atoms with Gasteiger partial charge in [0.15, 0.2) is 0 Å². The molecule has 2 aliphatic carbocycles. The van der Waals surface area contributed by atoms with E-state index in [1.807, 2.05) is 6.26 Å². The van der Waals surface area contributed by atoms with Gasteiger partial charge < -0.3 is 0 Å². The van der Waals surface area contributed by atoms with Crippen LogP contribution in [0.5, 0.6) is 0 Å². The van der Waals surface area contributed by atoms with Gasteiger partial charge >= 0.3 is 0 Å². The number of hydrogen-bond acceptors (Lipinski definition) is 4. The lowest BCUT2D eigenvalue weighted by molar-refractivity contribution is -0.141. The van der Waals surface area contributed by atoms with Gasteiger partial charge in [0.25, 0.3) is 5.78 Å². The van der Waals surface area contributed by atoms with Crippen LogP contribution in [0.15, 0.2) is 29.2 Å². The van der Waals surface area contributed by atoms with Gasteiger partial charge in [-0.15, -0.1) is 11.8 Å². The zero-order valence-electron chi connectivity index (χ0n) is 11.3. The third-order valence-electron chi connectivity index (χ3n) is 4.56. The average Bonchev–Trinajstić information content (AvgIpc) is 2.72. The first kappa shape index (κ1) is 13.6.